The highest BCUT2D eigenvalue weighted by molar-refractivity contribution is 5.94. The lowest BCUT2D eigenvalue weighted by Crippen LogP contribution is -2.43. The van der Waals surface area contributed by atoms with Crippen LogP contribution in [0.3, 0.4) is 0 Å². The predicted molar refractivity (Wildman–Crippen MR) is 107 cm³/mol. The summed E-state index contributed by atoms with van der Waals surface area (Å²) in [4.78, 5) is 36.2. The fraction of sp³-hybridized carbons (Fsp3) is 0.318. The van der Waals surface area contributed by atoms with Gasteiger partial charge in [-0.15, -0.1) is 0 Å². The maximum Gasteiger partial charge on any atom is 0.328 e. The molecular formula is C22H26N2O4. The Balaban J connectivity index is 1.77. The Hall–Kier alpha value is -3.15. The van der Waals surface area contributed by atoms with E-state index in [2.05, 4.69) is 10.6 Å². The van der Waals surface area contributed by atoms with Gasteiger partial charge >= 0.3 is 5.97 Å². The Morgan fingerprint density at radius 2 is 1.79 bits per heavy atom. The minimum Gasteiger partial charge on any atom is -0.467 e. The standard InChI is InChI=1S/C22H26N2O4/c1-16-8-6-11-18(14-16)21(26)23-13-7-12-20(25)24-19(22(27)28-2)15-17-9-4-3-5-10-17/h3-6,8-11,14,19H,7,12-13,15H2,1-2H3,(H,23,26)(H,24,25)/t19-/m1/s1. The minimum atomic E-state index is -0.734. The van der Waals surface area contributed by atoms with Crippen LogP contribution in [0.5, 0.6) is 0 Å². The summed E-state index contributed by atoms with van der Waals surface area (Å²) in [6.45, 7) is 2.30. The summed E-state index contributed by atoms with van der Waals surface area (Å²) >= 11 is 0. The van der Waals surface area contributed by atoms with E-state index in [4.69, 9.17) is 4.74 Å². The molecule has 0 bridgehead atoms. The van der Waals surface area contributed by atoms with Crippen LogP contribution in [0.2, 0.25) is 0 Å². The van der Waals surface area contributed by atoms with E-state index in [1.54, 1.807) is 6.07 Å². The Morgan fingerprint density at radius 3 is 2.46 bits per heavy atom. The quantitative estimate of drug-likeness (QED) is 0.515. The smallest absolute Gasteiger partial charge is 0.328 e. The van der Waals surface area contributed by atoms with Gasteiger partial charge in [0.2, 0.25) is 5.91 Å². The van der Waals surface area contributed by atoms with Gasteiger partial charge in [-0.2, -0.15) is 0 Å². The number of esters is 1. The summed E-state index contributed by atoms with van der Waals surface area (Å²) < 4.78 is 4.79. The highest BCUT2D eigenvalue weighted by Crippen LogP contribution is 2.06. The monoisotopic (exact) mass is 382 g/mol. The first-order valence-electron chi connectivity index (χ1n) is 9.25. The SMILES string of the molecule is COC(=O)[C@@H](Cc1ccccc1)NC(=O)CCCNC(=O)c1cccc(C)c1. The van der Waals surface area contributed by atoms with Crippen molar-refractivity contribution in [3.63, 3.8) is 0 Å². The number of rotatable bonds is 9. The van der Waals surface area contributed by atoms with E-state index >= 15 is 0 Å². The van der Waals surface area contributed by atoms with Gasteiger partial charge in [0.1, 0.15) is 6.04 Å². The lowest BCUT2D eigenvalue weighted by atomic mass is 10.1. The summed E-state index contributed by atoms with van der Waals surface area (Å²) in [5.41, 5.74) is 2.54. The Labute approximate surface area is 165 Å². The zero-order valence-corrected chi connectivity index (χ0v) is 16.2. The number of hydrogen-bond acceptors (Lipinski definition) is 4. The second-order valence-electron chi connectivity index (χ2n) is 6.56. The molecule has 0 radical (unpaired) electrons. The van der Waals surface area contributed by atoms with Crippen molar-refractivity contribution in [1.82, 2.24) is 10.6 Å². The third kappa shape index (κ3) is 6.87. The lowest BCUT2D eigenvalue weighted by Gasteiger charge is -2.16. The summed E-state index contributed by atoms with van der Waals surface area (Å²) in [6, 6.07) is 16.0. The van der Waals surface area contributed by atoms with Crippen LogP contribution >= 0.6 is 0 Å². The fourth-order valence-corrected chi connectivity index (χ4v) is 2.79. The van der Waals surface area contributed by atoms with E-state index in [0.29, 0.717) is 24.9 Å². The second kappa shape index (κ2) is 10.9. The van der Waals surface area contributed by atoms with Crippen LogP contribution < -0.4 is 10.6 Å². The molecule has 0 spiro atoms. The van der Waals surface area contributed by atoms with Crippen molar-refractivity contribution in [2.24, 2.45) is 0 Å². The van der Waals surface area contributed by atoms with Crippen molar-refractivity contribution in [3.05, 3.63) is 71.3 Å². The second-order valence-corrected chi connectivity index (χ2v) is 6.56. The number of nitrogens with one attached hydrogen (secondary N) is 2. The van der Waals surface area contributed by atoms with Gasteiger partial charge in [-0.25, -0.2) is 4.79 Å². The normalized spacial score (nSPS) is 11.4. The molecule has 148 valence electrons. The van der Waals surface area contributed by atoms with Crippen molar-refractivity contribution in [2.75, 3.05) is 13.7 Å². The zero-order chi connectivity index (χ0) is 20.4. The number of methoxy groups -OCH3 is 1. The highest BCUT2D eigenvalue weighted by Gasteiger charge is 2.21. The molecule has 2 aromatic carbocycles. The third-order valence-corrected chi connectivity index (χ3v) is 4.25. The van der Waals surface area contributed by atoms with E-state index in [1.807, 2.05) is 55.5 Å². The Bertz CT molecular complexity index is 805. The van der Waals surface area contributed by atoms with Crippen LogP contribution in [-0.4, -0.2) is 37.5 Å². The largest absolute Gasteiger partial charge is 0.467 e. The maximum atomic E-state index is 12.2. The number of carbonyl (C=O) groups excluding carboxylic acids is 3. The summed E-state index contributed by atoms with van der Waals surface area (Å²) in [5.74, 6) is -0.901. The topological polar surface area (TPSA) is 84.5 Å². The maximum absolute atomic E-state index is 12.2. The molecule has 0 saturated carbocycles. The van der Waals surface area contributed by atoms with Gasteiger partial charge in [-0.3, -0.25) is 9.59 Å². The van der Waals surface area contributed by atoms with Gasteiger partial charge in [0.25, 0.3) is 5.91 Å². The predicted octanol–water partition coefficient (Wildman–Crippen LogP) is 2.41. The molecule has 2 amide bonds. The van der Waals surface area contributed by atoms with E-state index in [9.17, 15) is 14.4 Å². The zero-order valence-electron chi connectivity index (χ0n) is 16.2. The van der Waals surface area contributed by atoms with E-state index in [-0.39, 0.29) is 18.2 Å². The molecule has 0 aliphatic rings. The summed E-state index contributed by atoms with van der Waals surface area (Å²) in [7, 11) is 1.30. The molecule has 0 unspecified atom stereocenters. The lowest BCUT2D eigenvalue weighted by molar-refractivity contribution is -0.145. The summed E-state index contributed by atoms with van der Waals surface area (Å²) in [5, 5.41) is 5.52. The number of benzene rings is 2. The fourth-order valence-electron chi connectivity index (χ4n) is 2.79. The Morgan fingerprint density at radius 1 is 1.04 bits per heavy atom. The molecule has 2 rings (SSSR count). The molecule has 6 heteroatoms. The van der Waals surface area contributed by atoms with Gasteiger partial charge in [0, 0.05) is 24.9 Å². The highest BCUT2D eigenvalue weighted by atomic mass is 16.5. The van der Waals surface area contributed by atoms with Crippen molar-refractivity contribution in [1.29, 1.82) is 0 Å². The average molecular weight is 382 g/mol. The van der Waals surface area contributed by atoms with Crippen LogP contribution in [0, 0.1) is 6.92 Å². The number of aryl methyl sites for hydroxylation is 1. The first-order valence-corrected chi connectivity index (χ1v) is 9.25. The van der Waals surface area contributed by atoms with Crippen LogP contribution in [0.15, 0.2) is 54.6 Å². The average Bonchev–Trinajstić information content (AvgIpc) is 2.70. The Kier molecular flexibility index (Phi) is 8.21. The van der Waals surface area contributed by atoms with Gasteiger partial charge in [-0.05, 0) is 31.0 Å². The van der Waals surface area contributed by atoms with Crippen LogP contribution in [0.25, 0.3) is 0 Å². The molecule has 2 aromatic rings. The van der Waals surface area contributed by atoms with Gasteiger partial charge in [0.05, 0.1) is 7.11 Å². The first kappa shape index (κ1) is 21.2. The molecule has 1 atom stereocenters. The molecule has 2 N–H and O–H groups in total. The van der Waals surface area contributed by atoms with Gasteiger partial charge < -0.3 is 15.4 Å². The van der Waals surface area contributed by atoms with E-state index in [1.165, 1.54) is 7.11 Å². The van der Waals surface area contributed by atoms with Crippen molar-refractivity contribution in [3.8, 4) is 0 Å². The molecule has 28 heavy (non-hydrogen) atoms. The third-order valence-electron chi connectivity index (χ3n) is 4.25. The molecule has 0 saturated heterocycles. The van der Waals surface area contributed by atoms with Crippen molar-refractivity contribution in [2.45, 2.75) is 32.2 Å². The van der Waals surface area contributed by atoms with Crippen LogP contribution in [0.4, 0.5) is 0 Å². The number of ether oxygens (including phenoxy) is 1. The van der Waals surface area contributed by atoms with E-state index < -0.39 is 12.0 Å². The van der Waals surface area contributed by atoms with Crippen LogP contribution in [-0.2, 0) is 20.7 Å². The number of carbonyl (C=O) groups is 3. The summed E-state index contributed by atoms with van der Waals surface area (Å²) in [6.07, 6.45) is 1.04. The molecule has 0 heterocycles. The molecular weight excluding hydrogens is 356 g/mol. The minimum absolute atomic E-state index is 0.166. The van der Waals surface area contributed by atoms with Crippen molar-refractivity contribution < 1.29 is 19.1 Å². The number of hydrogen-bond donors (Lipinski definition) is 2. The van der Waals surface area contributed by atoms with Gasteiger partial charge in [0.15, 0.2) is 0 Å². The molecule has 6 nitrogen and oxygen atoms in total. The van der Waals surface area contributed by atoms with Crippen LogP contribution in [0.1, 0.15) is 34.3 Å². The first-order chi connectivity index (χ1) is 13.5. The number of amides is 2. The molecule has 0 aliphatic heterocycles. The van der Waals surface area contributed by atoms with Gasteiger partial charge in [-0.1, -0.05) is 48.0 Å². The molecule has 0 fully saturated rings. The van der Waals surface area contributed by atoms with E-state index in [0.717, 1.165) is 11.1 Å². The molecule has 0 aliphatic carbocycles. The van der Waals surface area contributed by atoms with Crippen molar-refractivity contribution >= 4 is 17.8 Å². The molecule has 0 aromatic heterocycles.